The van der Waals surface area contributed by atoms with Crippen molar-refractivity contribution in [2.75, 3.05) is 45.8 Å². The molecular formula is C22H27N5O6. The van der Waals surface area contributed by atoms with Gasteiger partial charge in [0.2, 0.25) is 5.91 Å². The van der Waals surface area contributed by atoms with Gasteiger partial charge in [-0.25, -0.2) is 4.98 Å². The number of benzene rings is 1. The fraction of sp³-hybridized carbons (Fsp3) is 0.455. The van der Waals surface area contributed by atoms with Gasteiger partial charge in [-0.05, 0) is 19.9 Å². The Morgan fingerprint density at radius 3 is 2.52 bits per heavy atom. The summed E-state index contributed by atoms with van der Waals surface area (Å²) in [5.41, 5.74) is 0.125. The van der Waals surface area contributed by atoms with Crippen LogP contribution in [0.15, 0.2) is 27.5 Å². The largest absolute Gasteiger partial charge is 0.493 e. The van der Waals surface area contributed by atoms with Crippen molar-refractivity contribution in [1.82, 2.24) is 19.6 Å². The molecule has 0 spiro atoms. The topological polar surface area (TPSA) is 121 Å². The number of nitrogens with one attached hydrogen (secondary N) is 1. The van der Waals surface area contributed by atoms with Crippen molar-refractivity contribution in [3.8, 4) is 11.5 Å². The molecule has 176 valence electrons. The van der Waals surface area contributed by atoms with E-state index < -0.39 is 11.9 Å². The summed E-state index contributed by atoms with van der Waals surface area (Å²) >= 11 is 0. The number of aryl methyl sites for hydroxylation is 1. The van der Waals surface area contributed by atoms with Crippen molar-refractivity contribution in [3.05, 3.63) is 40.1 Å². The maximum Gasteiger partial charge on any atom is 0.262 e. The predicted octanol–water partition coefficient (Wildman–Crippen LogP) is 1.74. The zero-order chi connectivity index (χ0) is 23.5. The zero-order valence-electron chi connectivity index (χ0n) is 19.1. The number of anilines is 1. The lowest BCUT2D eigenvalue weighted by Gasteiger charge is -2.28. The van der Waals surface area contributed by atoms with Gasteiger partial charge >= 0.3 is 0 Å². The maximum atomic E-state index is 13.6. The second-order valence-electron chi connectivity index (χ2n) is 7.80. The van der Waals surface area contributed by atoms with Gasteiger partial charge in [-0.2, -0.15) is 0 Å². The number of carbonyl (C=O) groups is 1. The molecule has 1 aliphatic heterocycles. The minimum absolute atomic E-state index is 0.285. The Morgan fingerprint density at radius 1 is 1.18 bits per heavy atom. The lowest BCUT2D eigenvalue weighted by Crippen LogP contribution is -2.40. The Kier molecular flexibility index (Phi) is 6.61. The van der Waals surface area contributed by atoms with Gasteiger partial charge in [-0.3, -0.25) is 19.1 Å². The molecule has 11 nitrogen and oxygen atoms in total. The molecule has 1 saturated heterocycles. The third-order valence-corrected chi connectivity index (χ3v) is 5.59. The van der Waals surface area contributed by atoms with Gasteiger partial charge < -0.3 is 24.1 Å². The van der Waals surface area contributed by atoms with Crippen molar-refractivity contribution in [2.45, 2.75) is 26.4 Å². The van der Waals surface area contributed by atoms with Crippen molar-refractivity contribution in [2.24, 2.45) is 0 Å². The van der Waals surface area contributed by atoms with Crippen LogP contribution in [0.25, 0.3) is 10.9 Å². The first-order valence-corrected chi connectivity index (χ1v) is 10.6. The first-order chi connectivity index (χ1) is 15.9. The molecule has 0 unspecified atom stereocenters. The van der Waals surface area contributed by atoms with Gasteiger partial charge in [-0.1, -0.05) is 5.16 Å². The fourth-order valence-corrected chi connectivity index (χ4v) is 3.82. The van der Waals surface area contributed by atoms with Crippen molar-refractivity contribution >= 4 is 22.6 Å². The highest BCUT2D eigenvalue weighted by Gasteiger charge is 2.25. The summed E-state index contributed by atoms with van der Waals surface area (Å²) in [5.74, 6) is 1.80. The van der Waals surface area contributed by atoms with E-state index in [1.165, 1.54) is 18.8 Å². The number of morpholine rings is 1. The molecule has 1 aromatic carbocycles. The van der Waals surface area contributed by atoms with Gasteiger partial charge in [0.05, 0.1) is 44.9 Å². The van der Waals surface area contributed by atoms with Gasteiger partial charge in [0.1, 0.15) is 17.6 Å². The summed E-state index contributed by atoms with van der Waals surface area (Å²) in [6, 6.07) is 4.02. The fourth-order valence-electron chi connectivity index (χ4n) is 3.82. The average Bonchev–Trinajstić information content (AvgIpc) is 3.23. The molecule has 1 aliphatic rings. The average molecular weight is 457 g/mol. The first kappa shape index (κ1) is 22.7. The minimum atomic E-state index is -0.851. The molecule has 0 radical (unpaired) electrons. The van der Waals surface area contributed by atoms with E-state index in [9.17, 15) is 9.59 Å². The smallest absolute Gasteiger partial charge is 0.262 e. The second-order valence-corrected chi connectivity index (χ2v) is 7.80. The third-order valence-electron chi connectivity index (χ3n) is 5.59. The van der Waals surface area contributed by atoms with Crippen molar-refractivity contribution in [1.29, 1.82) is 0 Å². The molecule has 2 aromatic heterocycles. The van der Waals surface area contributed by atoms with Crippen LogP contribution in [0.4, 0.5) is 5.82 Å². The van der Waals surface area contributed by atoms with Crippen LogP contribution in [0.1, 0.15) is 24.6 Å². The normalized spacial score (nSPS) is 15.4. The third kappa shape index (κ3) is 4.69. The Morgan fingerprint density at radius 2 is 1.88 bits per heavy atom. The molecule has 1 atom stereocenters. The van der Waals surface area contributed by atoms with Gasteiger partial charge in [0.15, 0.2) is 17.3 Å². The summed E-state index contributed by atoms with van der Waals surface area (Å²) in [6.07, 6.45) is 0. The molecule has 1 amide bonds. The molecule has 1 N–H and O–H groups in total. The van der Waals surface area contributed by atoms with Crippen LogP contribution in [-0.4, -0.2) is 66.0 Å². The van der Waals surface area contributed by atoms with Crippen LogP contribution in [-0.2, 0) is 16.1 Å². The number of nitrogens with zero attached hydrogens (tertiary/aromatic N) is 4. The highest BCUT2D eigenvalue weighted by atomic mass is 16.5. The minimum Gasteiger partial charge on any atom is -0.493 e. The van der Waals surface area contributed by atoms with Gasteiger partial charge in [0.25, 0.3) is 5.56 Å². The van der Waals surface area contributed by atoms with Crippen LogP contribution < -0.4 is 20.3 Å². The summed E-state index contributed by atoms with van der Waals surface area (Å²) < 4.78 is 22.6. The number of methoxy groups -OCH3 is 2. The SMILES string of the molecule is COc1cc2nc(CN3CCOCC3)n([C@H](C)C(=O)Nc3cc(C)on3)c(=O)c2cc1OC. The van der Waals surface area contributed by atoms with E-state index >= 15 is 0 Å². The van der Waals surface area contributed by atoms with Crippen LogP contribution in [0.2, 0.25) is 0 Å². The van der Waals surface area contributed by atoms with E-state index in [0.717, 1.165) is 0 Å². The monoisotopic (exact) mass is 457 g/mol. The number of rotatable bonds is 7. The van der Waals surface area contributed by atoms with Crippen LogP contribution in [0, 0.1) is 6.92 Å². The Labute approximate surface area is 190 Å². The van der Waals surface area contributed by atoms with E-state index in [2.05, 4.69) is 15.4 Å². The lowest BCUT2D eigenvalue weighted by atomic mass is 10.2. The zero-order valence-corrected chi connectivity index (χ0v) is 19.1. The summed E-state index contributed by atoms with van der Waals surface area (Å²) in [6.45, 7) is 6.39. The van der Waals surface area contributed by atoms with E-state index in [1.54, 1.807) is 32.0 Å². The standard InChI is InChI=1S/C22H27N5O6/c1-13-9-19(25-33-13)24-21(28)14(2)27-20(12-26-5-7-32-8-6-26)23-16-11-18(31-4)17(30-3)10-15(16)22(27)29/h9-11,14H,5-8,12H2,1-4H3,(H,24,25,28)/t14-/m1/s1. The quantitative estimate of drug-likeness (QED) is 0.565. The van der Waals surface area contributed by atoms with Crippen molar-refractivity contribution in [3.63, 3.8) is 0 Å². The Hall–Kier alpha value is -3.44. The molecule has 3 aromatic rings. The summed E-state index contributed by atoms with van der Waals surface area (Å²) in [7, 11) is 3.02. The highest BCUT2D eigenvalue weighted by molar-refractivity contribution is 5.93. The Bertz CT molecular complexity index is 1210. The van der Waals surface area contributed by atoms with Crippen LogP contribution in [0.5, 0.6) is 11.5 Å². The number of ether oxygens (including phenoxy) is 3. The van der Waals surface area contributed by atoms with E-state index in [0.29, 0.717) is 66.8 Å². The number of fused-ring (bicyclic) bond motifs is 1. The summed E-state index contributed by atoms with van der Waals surface area (Å²) in [4.78, 5) is 33.5. The summed E-state index contributed by atoms with van der Waals surface area (Å²) in [5, 5.41) is 6.83. The maximum absolute atomic E-state index is 13.6. The van der Waals surface area contributed by atoms with Gasteiger partial charge in [-0.15, -0.1) is 0 Å². The van der Waals surface area contributed by atoms with Gasteiger partial charge in [0, 0.05) is 25.2 Å². The number of hydrogen-bond acceptors (Lipinski definition) is 9. The number of amides is 1. The number of hydrogen-bond donors (Lipinski definition) is 1. The first-order valence-electron chi connectivity index (χ1n) is 10.6. The predicted molar refractivity (Wildman–Crippen MR) is 120 cm³/mol. The molecule has 1 fully saturated rings. The second kappa shape index (κ2) is 9.59. The molecule has 0 saturated carbocycles. The number of carbonyl (C=O) groups excluding carboxylic acids is 1. The Balaban J connectivity index is 1.79. The van der Waals surface area contributed by atoms with Crippen LogP contribution in [0.3, 0.4) is 0 Å². The van der Waals surface area contributed by atoms with E-state index in [1.807, 2.05) is 0 Å². The molecule has 33 heavy (non-hydrogen) atoms. The van der Waals surface area contributed by atoms with Crippen LogP contribution >= 0.6 is 0 Å². The molecule has 0 bridgehead atoms. The molecule has 0 aliphatic carbocycles. The molecule has 11 heteroatoms. The van der Waals surface area contributed by atoms with E-state index in [-0.39, 0.29) is 11.4 Å². The van der Waals surface area contributed by atoms with Crippen molar-refractivity contribution < 1.29 is 23.5 Å². The molecule has 4 rings (SSSR count). The lowest BCUT2D eigenvalue weighted by molar-refractivity contribution is -0.119. The highest BCUT2D eigenvalue weighted by Crippen LogP contribution is 2.30. The number of aromatic nitrogens is 3. The molecule has 3 heterocycles. The molecular weight excluding hydrogens is 430 g/mol. The van der Waals surface area contributed by atoms with E-state index in [4.69, 9.17) is 23.7 Å².